The van der Waals surface area contributed by atoms with Gasteiger partial charge in [-0.2, -0.15) is 0 Å². The molecule has 1 heteroatoms. The molecule has 0 N–H and O–H groups in total. The summed E-state index contributed by atoms with van der Waals surface area (Å²) in [4.78, 5) is 12.8. The third-order valence-electron chi connectivity index (χ3n) is 4.93. The fourth-order valence-corrected chi connectivity index (χ4v) is 3.60. The minimum Gasteiger partial charge on any atom is -0.294 e. The second-order valence-electron chi connectivity index (χ2n) is 7.72. The SMILES string of the molecule is CCCC1Cc2cccc(-c3ccc(C(C)(C)C)cc3)c2C1=O. The molecule has 2 aromatic rings. The molecule has 0 fully saturated rings. The van der Waals surface area contributed by atoms with Gasteiger partial charge in [-0.3, -0.25) is 4.79 Å². The molecule has 120 valence electrons. The standard InChI is InChI=1S/C22H26O/c1-5-7-17-14-16-8-6-9-19(20(16)21(17)23)15-10-12-18(13-11-15)22(2,3)4/h6,8-13,17H,5,7,14H2,1-4H3. The summed E-state index contributed by atoms with van der Waals surface area (Å²) in [7, 11) is 0. The van der Waals surface area contributed by atoms with Gasteiger partial charge in [-0.1, -0.05) is 76.6 Å². The van der Waals surface area contributed by atoms with E-state index in [4.69, 9.17) is 0 Å². The fraction of sp³-hybridized carbons (Fsp3) is 0.409. The van der Waals surface area contributed by atoms with E-state index in [1.807, 2.05) is 0 Å². The highest BCUT2D eigenvalue weighted by molar-refractivity contribution is 6.07. The van der Waals surface area contributed by atoms with E-state index in [0.717, 1.165) is 36.0 Å². The van der Waals surface area contributed by atoms with Crippen LogP contribution in [0.3, 0.4) is 0 Å². The molecule has 2 aromatic carbocycles. The zero-order chi connectivity index (χ0) is 16.6. The largest absolute Gasteiger partial charge is 0.294 e. The maximum absolute atomic E-state index is 12.8. The molecule has 0 aliphatic heterocycles. The summed E-state index contributed by atoms with van der Waals surface area (Å²) in [6, 6.07) is 15.0. The van der Waals surface area contributed by atoms with Crippen LogP contribution in [0.25, 0.3) is 11.1 Å². The molecule has 0 amide bonds. The Hall–Kier alpha value is -1.89. The number of fused-ring (bicyclic) bond motifs is 1. The molecule has 1 atom stereocenters. The molecule has 1 aliphatic rings. The highest BCUT2D eigenvalue weighted by Crippen LogP contribution is 2.37. The third-order valence-corrected chi connectivity index (χ3v) is 4.93. The van der Waals surface area contributed by atoms with Gasteiger partial charge >= 0.3 is 0 Å². The van der Waals surface area contributed by atoms with Crippen molar-refractivity contribution in [3.8, 4) is 11.1 Å². The van der Waals surface area contributed by atoms with E-state index < -0.39 is 0 Å². The van der Waals surface area contributed by atoms with Crippen LogP contribution < -0.4 is 0 Å². The van der Waals surface area contributed by atoms with E-state index in [0.29, 0.717) is 5.78 Å². The fourth-order valence-electron chi connectivity index (χ4n) is 3.60. The predicted molar refractivity (Wildman–Crippen MR) is 97.0 cm³/mol. The van der Waals surface area contributed by atoms with Gasteiger partial charge in [0.15, 0.2) is 5.78 Å². The highest BCUT2D eigenvalue weighted by Gasteiger charge is 2.31. The Labute approximate surface area is 139 Å². The van der Waals surface area contributed by atoms with Gasteiger partial charge in [0.2, 0.25) is 0 Å². The van der Waals surface area contributed by atoms with Crippen molar-refractivity contribution in [2.75, 3.05) is 0 Å². The van der Waals surface area contributed by atoms with Crippen molar-refractivity contribution in [3.05, 3.63) is 59.2 Å². The first-order valence-corrected chi connectivity index (χ1v) is 8.69. The van der Waals surface area contributed by atoms with Crippen LogP contribution in [0.2, 0.25) is 0 Å². The molecule has 0 radical (unpaired) electrons. The molecule has 0 heterocycles. The molecule has 0 spiro atoms. The van der Waals surface area contributed by atoms with E-state index in [2.05, 4.69) is 70.2 Å². The second-order valence-corrected chi connectivity index (χ2v) is 7.72. The monoisotopic (exact) mass is 306 g/mol. The summed E-state index contributed by atoms with van der Waals surface area (Å²) in [5.41, 5.74) is 5.93. The van der Waals surface area contributed by atoms with Crippen molar-refractivity contribution >= 4 is 5.78 Å². The lowest BCUT2D eigenvalue weighted by molar-refractivity contribution is 0.0931. The molecule has 0 saturated heterocycles. The average Bonchev–Trinajstić information content (AvgIpc) is 2.84. The quantitative estimate of drug-likeness (QED) is 0.699. The molecule has 1 nitrogen and oxygen atoms in total. The summed E-state index contributed by atoms with van der Waals surface area (Å²) in [5, 5.41) is 0. The van der Waals surface area contributed by atoms with E-state index in [1.165, 1.54) is 11.1 Å². The lowest BCUT2D eigenvalue weighted by Gasteiger charge is -2.19. The van der Waals surface area contributed by atoms with Crippen molar-refractivity contribution in [1.29, 1.82) is 0 Å². The van der Waals surface area contributed by atoms with Crippen LogP contribution in [0.4, 0.5) is 0 Å². The summed E-state index contributed by atoms with van der Waals surface area (Å²) in [6.45, 7) is 8.83. The maximum atomic E-state index is 12.8. The predicted octanol–water partition coefficient (Wildman–Crippen LogP) is 5.81. The van der Waals surface area contributed by atoms with E-state index in [-0.39, 0.29) is 11.3 Å². The van der Waals surface area contributed by atoms with Crippen LogP contribution in [0.1, 0.15) is 62.0 Å². The maximum Gasteiger partial charge on any atom is 0.167 e. The molecule has 1 aliphatic carbocycles. The number of Topliss-reactive ketones (excluding diaryl/α,β-unsaturated/α-hetero) is 1. The summed E-state index contributed by atoms with van der Waals surface area (Å²) in [6.07, 6.45) is 2.98. The van der Waals surface area contributed by atoms with Crippen LogP contribution in [0.15, 0.2) is 42.5 Å². The normalized spacial score (nSPS) is 17.4. The zero-order valence-electron chi connectivity index (χ0n) is 14.6. The first-order valence-electron chi connectivity index (χ1n) is 8.69. The number of carbonyl (C=O) groups excluding carboxylic acids is 1. The number of hydrogen-bond acceptors (Lipinski definition) is 1. The smallest absolute Gasteiger partial charge is 0.167 e. The van der Waals surface area contributed by atoms with Crippen LogP contribution in [-0.2, 0) is 11.8 Å². The molecule has 23 heavy (non-hydrogen) atoms. The summed E-state index contributed by atoms with van der Waals surface area (Å²) >= 11 is 0. The van der Waals surface area contributed by atoms with Gasteiger partial charge in [0.05, 0.1) is 0 Å². The minimum atomic E-state index is 0.152. The molecule has 0 bridgehead atoms. The number of ketones is 1. The molecule has 1 unspecified atom stereocenters. The molecular weight excluding hydrogens is 280 g/mol. The van der Waals surface area contributed by atoms with Gasteiger partial charge in [0.1, 0.15) is 0 Å². The zero-order valence-corrected chi connectivity index (χ0v) is 14.6. The topological polar surface area (TPSA) is 17.1 Å². The van der Waals surface area contributed by atoms with E-state index in [1.54, 1.807) is 0 Å². The van der Waals surface area contributed by atoms with Gasteiger partial charge < -0.3 is 0 Å². The van der Waals surface area contributed by atoms with Gasteiger partial charge in [-0.05, 0) is 40.5 Å². The van der Waals surface area contributed by atoms with Crippen molar-refractivity contribution in [2.24, 2.45) is 5.92 Å². The highest BCUT2D eigenvalue weighted by atomic mass is 16.1. The second kappa shape index (κ2) is 5.96. The summed E-state index contributed by atoms with van der Waals surface area (Å²) in [5.74, 6) is 0.530. The lowest BCUT2D eigenvalue weighted by Crippen LogP contribution is -2.10. The Morgan fingerprint density at radius 2 is 1.74 bits per heavy atom. The van der Waals surface area contributed by atoms with Crippen LogP contribution in [0.5, 0.6) is 0 Å². The first-order chi connectivity index (χ1) is 10.9. The van der Waals surface area contributed by atoms with E-state index in [9.17, 15) is 4.79 Å². The Kier molecular flexibility index (Phi) is 4.14. The lowest BCUT2D eigenvalue weighted by atomic mass is 9.85. The number of carbonyl (C=O) groups is 1. The van der Waals surface area contributed by atoms with Gasteiger partial charge in [-0.25, -0.2) is 0 Å². The molecule has 0 aromatic heterocycles. The molecule has 3 rings (SSSR count). The van der Waals surface area contributed by atoms with Crippen LogP contribution in [-0.4, -0.2) is 5.78 Å². The number of rotatable bonds is 3. The van der Waals surface area contributed by atoms with Crippen molar-refractivity contribution < 1.29 is 4.79 Å². The Morgan fingerprint density at radius 1 is 1.04 bits per heavy atom. The summed E-state index contributed by atoms with van der Waals surface area (Å²) < 4.78 is 0. The Morgan fingerprint density at radius 3 is 2.35 bits per heavy atom. The van der Waals surface area contributed by atoms with E-state index >= 15 is 0 Å². The van der Waals surface area contributed by atoms with Crippen molar-refractivity contribution in [2.45, 2.75) is 52.4 Å². The van der Waals surface area contributed by atoms with Crippen LogP contribution in [0, 0.1) is 5.92 Å². The van der Waals surface area contributed by atoms with Gasteiger partial charge in [-0.15, -0.1) is 0 Å². The third kappa shape index (κ3) is 2.97. The molecular formula is C22H26O. The Balaban J connectivity index is 2.00. The molecule has 0 saturated carbocycles. The Bertz CT molecular complexity index is 717. The van der Waals surface area contributed by atoms with Crippen LogP contribution >= 0.6 is 0 Å². The van der Waals surface area contributed by atoms with Crippen molar-refractivity contribution in [1.82, 2.24) is 0 Å². The first kappa shape index (κ1) is 16.0. The van der Waals surface area contributed by atoms with Crippen molar-refractivity contribution in [3.63, 3.8) is 0 Å². The number of hydrogen-bond donors (Lipinski definition) is 0. The minimum absolute atomic E-state index is 0.152. The van der Waals surface area contributed by atoms with Gasteiger partial charge in [0.25, 0.3) is 0 Å². The van der Waals surface area contributed by atoms with Gasteiger partial charge in [0, 0.05) is 11.5 Å². The average molecular weight is 306 g/mol. The number of benzene rings is 2.